The highest BCUT2D eigenvalue weighted by Crippen LogP contribution is 2.27. The van der Waals surface area contributed by atoms with E-state index in [1.165, 1.54) is 5.56 Å². The van der Waals surface area contributed by atoms with Gasteiger partial charge in [-0.15, -0.1) is 0 Å². The second-order valence-electron chi connectivity index (χ2n) is 6.51. The van der Waals surface area contributed by atoms with E-state index in [0.717, 1.165) is 23.2 Å². The number of carboxylic acids is 1. The zero-order chi connectivity index (χ0) is 20.5. The summed E-state index contributed by atoms with van der Waals surface area (Å²) in [7, 11) is 0. The molecule has 0 bridgehead atoms. The fraction of sp³-hybridized carbons (Fsp3) is 0.0385. The quantitative estimate of drug-likeness (QED) is 0.448. The predicted molar refractivity (Wildman–Crippen MR) is 120 cm³/mol. The summed E-state index contributed by atoms with van der Waals surface area (Å²) in [5.41, 5.74) is 4.71. The topological polar surface area (TPSA) is 49.3 Å². The summed E-state index contributed by atoms with van der Waals surface area (Å²) >= 11 is 0. The first-order chi connectivity index (χ1) is 14.2. The van der Waals surface area contributed by atoms with Crippen LogP contribution in [-0.2, 0) is 6.42 Å². The highest BCUT2D eigenvalue weighted by molar-refractivity contribution is 5.96. The van der Waals surface area contributed by atoms with E-state index in [4.69, 9.17) is 0 Å². The molecule has 0 aliphatic rings. The second kappa shape index (κ2) is 9.90. The van der Waals surface area contributed by atoms with Crippen LogP contribution in [-0.4, -0.2) is 11.1 Å². The monoisotopic (exact) mass is 381 g/mol. The minimum atomic E-state index is -0.974. The van der Waals surface area contributed by atoms with Crippen LogP contribution in [0.4, 0.5) is 5.69 Å². The molecule has 2 N–H and O–H groups in total. The zero-order valence-electron chi connectivity index (χ0n) is 16.1. The largest absolute Gasteiger partial charge is 0.478 e. The molecule has 0 heterocycles. The average molecular weight is 381 g/mol. The van der Waals surface area contributed by atoms with Crippen LogP contribution in [0, 0.1) is 0 Å². The Hall–Kier alpha value is -3.85. The van der Waals surface area contributed by atoms with Crippen LogP contribution < -0.4 is 5.32 Å². The number of rotatable bonds is 8. The number of carbonyl (C=O) groups is 1. The van der Waals surface area contributed by atoms with Gasteiger partial charge >= 0.3 is 5.97 Å². The van der Waals surface area contributed by atoms with Crippen LogP contribution in [0.2, 0.25) is 0 Å². The summed E-state index contributed by atoms with van der Waals surface area (Å²) in [6.45, 7) is 3.76. The Morgan fingerprint density at radius 2 is 1.62 bits per heavy atom. The summed E-state index contributed by atoms with van der Waals surface area (Å²) in [6, 6.07) is 25.3. The Kier molecular flexibility index (Phi) is 6.80. The van der Waals surface area contributed by atoms with Gasteiger partial charge in [0, 0.05) is 5.70 Å². The molecule has 0 amide bonds. The van der Waals surface area contributed by atoms with Gasteiger partial charge in [-0.2, -0.15) is 0 Å². The minimum absolute atomic E-state index is 0.219. The van der Waals surface area contributed by atoms with Gasteiger partial charge in [0.1, 0.15) is 0 Å². The molecule has 29 heavy (non-hydrogen) atoms. The smallest absolute Gasteiger partial charge is 0.337 e. The van der Waals surface area contributed by atoms with Crippen LogP contribution in [0.3, 0.4) is 0 Å². The lowest BCUT2D eigenvalue weighted by Crippen LogP contribution is -2.05. The van der Waals surface area contributed by atoms with Gasteiger partial charge in [-0.25, -0.2) is 4.79 Å². The third-order valence-electron chi connectivity index (χ3n) is 4.43. The van der Waals surface area contributed by atoms with Gasteiger partial charge < -0.3 is 10.4 Å². The number of benzene rings is 3. The van der Waals surface area contributed by atoms with Gasteiger partial charge in [-0.3, -0.25) is 0 Å². The molecule has 0 saturated carbocycles. The molecular formula is C26H23NO2. The molecule has 0 aliphatic carbocycles. The SMILES string of the molecule is C=C/C=C(\C=C/Cc1ccccc1)Nc1cc(-c2ccccc2)ccc1C(=O)O. The first-order valence-corrected chi connectivity index (χ1v) is 9.40. The van der Waals surface area contributed by atoms with Gasteiger partial charge in [0.25, 0.3) is 0 Å². The van der Waals surface area contributed by atoms with E-state index in [0.29, 0.717) is 5.69 Å². The number of hydrogen-bond acceptors (Lipinski definition) is 2. The molecule has 0 radical (unpaired) electrons. The maximum atomic E-state index is 11.7. The lowest BCUT2D eigenvalue weighted by atomic mass is 10.0. The highest BCUT2D eigenvalue weighted by atomic mass is 16.4. The van der Waals surface area contributed by atoms with Crippen molar-refractivity contribution < 1.29 is 9.90 Å². The molecule has 0 aromatic heterocycles. The maximum absolute atomic E-state index is 11.7. The summed E-state index contributed by atoms with van der Waals surface area (Å²) < 4.78 is 0. The Bertz CT molecular complexity index is 1030. The number of allylic oxidation sites excluding steroid dienone is 4. The molecule has 3 rings (SSSR count). The van der Waals surface area contributed by atoms with Gasteiger partial charge in [-0.05, 0) is 47.4 Å². The van der Waals surface area contributed by atoms with Crippen molar-refractivity contribution in [2.45, 2.75) is 6.42 Å². The maximum Gasteiger partial charge on any atom is 0.337 e. The summed E-state index contributed by atoms with van der Waals surface area (Å²) in [5.74, 6) is -0.974. The normalized spacial score (nSPS) is 11.4. The predicted octanol–water partition coefficient (Wildman–Crippen LogP) is 6.33. The van der Waals surface area contributed by atoms with Crippen LogP contribution in [0.15, 0.2) is 115 Å². The van der Waals surface area contributed by atoms with Crippen molar-refractivity contribution in [3.8, 4) is 11.1 Å². The van der Waals surface area contributed by atoms with Crippen LogP contribution in [0.25, 0.3) is 11.1 Å². The van der Waals surface area contributed by atoms with E-state index in [-0.39, 0.29) is 5.56 Å². The van der Waals surface area contributed by atoms with E-state index in [2.05, 4.69) is 24.0 Å². The molecule has 3 nitrogen and oxygen atoms in total. The molecule has 0 unspecified atom stereocenters. The summed E-state index contributed by atoms with van der Waals surface area (Å²) in [6.07, 6.45) is 8.26. The third-order valence-corrected chi connectivity index (χ3v) is 4.43. The highest BCUT2D eigenvalue weighted by Gasteiger charge is 2.12. The molecule has 3 heteroatoms. The van der Waals surface area contributed by atoms with Crippen molar-refractivity contribution in [1.82, 2.24) is 0 Å². The lowest BCUT2D eigenvalue weighted by Gasteiger charge is -2.13. The first kappa shape index (κ1) is 19.9. The number of hydrogen-bond donors (Lipinski definition) is 2. The van der Waals surface area contributed by atoms with Gasteiger partial charge in [0.05, 0.1) is 11.3 Å². The van der Waals surface area contributed by atoms with Crippen LogP contribution in [0.5, 0.6) is 0 Å². The van der Waals surface area contributed by atoms with Crippen molar-refractivity contribution >= 4 is 11.7 Å². The van der Waals surface area contributed by atoms with E-state index in [9.17, 15) is 9.90 Å². The summed E-state index contributed by atoms with van der Waals surface area (Å²) in [5, 5.41) is 12.8. The Balaban J connectivity index is 1.87. The molecule has 0 fully saturated rings. The summed E-state index contributed by atoms with van der Waals surface area (Å²) in [4.78, 5) is 11.7. The number of carboxylic acid groups (broad SMARTS) is 1. The van der Waals surface area contributed by atoms with Crippen molar-refractivity contribution in [2.75, 3.05) is 5.32 Å². The molecule has 3 aromatic rings. The Morgan fingerprint density at radius 3 is 2.28 bits per heavy atom. The standard InChI is InChI=1S/C26H23NO2/c1-2-10-23(16-9-13-20-11-5-3-6-12-20)27-25-19-22(17-18-24(25)26(28)29)21-14-7-4-8-15-21/h2-12,14-19,27H,1,13H2,(H,28,29)/b16-9-,23-10+. The van der Waals surface area contributed by atoms with Crippen molar-refractivity contribution in [1.29, 1.82) is 0 Å². The second-order valence-corrected chi connectivity index (χ2v) is 6.51. The van der Waals surface area contributed by atoms with Crippen molar-refractivity contribution in [3.05, 3.63) is 127 Å². The van der Waals surface area contributed by atoms with Crippen LogP contribution in [0.1, 0.15) is 15.9 Å². The molecule has 144 valence electrons. The van der Waals surface area contributed by atoms with E-state index in [1.54, 1.807) is 12.1 Å². The number of anilines is 1. The third kappa shape index (κ3) is 5.56. The average Bonchev–Trinajstić information content (AvgIpc) is 2.75. The molecular weight excluding hydrogens is 358 g/mol. The molecule has 0 spiro atoms. The molecule has 0 aliphatic heterocycles. The van der Waals surface area contributed by atoms with E-state index >= 15 is 0 Å². The van der Waals surface area contributed by atoms with Gasteiger partial charge in [-0.1, -0.05) is 85.5 Å². The lowest BCUT2D eigenvalue weighted by molar-refractivity contribution is 0.0698. The van der Waals surface area contributed by atoms with E-state index in [1.807, 2.05) is 78.9 Å². The van der Waals surface area contributed by atoms with Crippen molar-refractivity contribution in [3.63, 3.8) is 0 Å². The van der Waals surface area contributed by atoms with Gasteiger partial charge in [0.2, 0.25) is 0 Å². The first-order valence-electron chi connectivity index (χ1n) is 9.40. The van der Waals surface area contributed by atoms with Crippen molar-refractivity contribution in [2.24, 2.45) is 0 Å². The Labute approximate surface area is 171 Å². The molecule has 3 aromatic carbocycles. The zero-order valence-corrected chi connectivity index (χ0v) is 16.1. The van der Waals surface area contributed by atoms with Gasteiger partial charge in [0.15, 0.2) is 0 Å². The fourth-order valence-corrected chi connectivity index (χ4v) is 3.00. The number of aromatic carboxylic acids is 1. The minimum Gasteiger partial charge on any atom is -0.478 e. The Morgan fingerprint density at radius 1 is 0.931 bits per heavy atom. The van der Waals surface area contributed by atoms with Crippen LogP contribution >= 0.6 is 0 Å². The van der Waals surface area contributed by atoms with E-state index < -0.39 is 5.97 Å². The fourth-order valence-electron chi connectivity index (χ4n) is 3.00. The number of nitrogens with one attached hydrogen (secondary N) is 1. The molecule has 0 atom stereocenters. The molecule has 0 saturated heterocycles.